The molecule has 0 aliphatic heterocycles. The molecular weight excluding hydrogens is 508 g/mol. The Labute approximate surface area is 235 Å². The molecular formula is C32H38N2O6. The Morgan fingerprint density at radius 1 is 0.850 bits per heavy atom. The predicted octanol–water partition coefficient (Wildman–Crippen LogP) is 5.75. The van der Waals surface area contributed by atoms with Crippen molar-refractivity contribution in [2.75, 3.05) is 25.6 Å². The molecule has 0 aromatic heterocycles. The number of rotatable bonds is 15. The summed E-state index contributed by atoms with van der Waals surface area (Å²) in [5.41, 5.74) is 2.28. The zero-order chi connectivity index (χ0) is 28.9. The number of nitrogens with one attached hydrogen (secondary N) is 1. The second kappa shape index (κ2) is 15.3. The highest BCUT2D eigenvalue weighted by Gasteiger charge is 2.21. The first-order valence-corrected chi connectivity index (χ1v) is 13.6. The second-order valence-electron chi connectivity index (χ2n) is 9.83. The first-order chi connectivity index (χ1) is 19.3. The molecule has 3 aromatic carbocycles. The van der Waals surface area contributed by atoms with Crippen LogP contribution < -0.4 is 19.7 Å². The van der Waals surface area contributed by atoms with Gasteiger partial charge in [-0.3, -0.25) is 4.79 Å². The lowest BCUT2D eigenvalue weighted by Gasteiger charge is -2.17. The van der Waals surface area contributed by atoms with Gasteiger partial charge in [-0.05, 0) is 66.6 Å². The summed E-state index contributed by atoms with van der Waals surface area (Å²) in [6, 6.07) is 19.2. The molecule has 8 nitrogen and oxygen atoms in total. The van der Waals surface area contributed by atoms with Crippen molar-refractivity contribution < 1.29 is 29.0 Å². The van der Waals surface area contributed by atoms with Crippen LogP contribution in [0.4, 0.5) is 5.69 Å². The maximum Gasteiger partial charge on any atom is 0.343 e. The van der Waals surface area contributed by atoms with E-state index in [1.807, 2.05) is 25.1 Å². The fraction of sp³-hybridized carbons (Fsp3) is 0.344. The molecule has 3 rings (SSSR count). The summed E-state index contributed by atoms with van der Waals surface area (Å²) in [4.78, 5) is 39.0. The first kappa shape index (κ1) is 30.2. The number of esters is 1. The number of carbonyl (C=O) groups excluding carboxylic acids is 2. The largest absolute Gasteiger partial charge is 0.494 e. The molecule has 40 heavy (non-hydrogen) atoms. The number of carboxylic acid groups (broad SMARTS) is 1. The van der Waals surface area contributed by atoms with Crippen LogP contribution in [-0.2, 0) is 11.2 Å². The molecule has 1 amide bonds. The Balaban J connectivity index is 1.52. The van der Waals surface area contributed by atoms with E-state index in [4.69, 9.17) is 9.47 Å². The Morgan fingerprint density at radius 2 is 1.52 bits per heavy atom. The summed E-state index contributed by atoms with van der Waals surface area (Å²) in [5.74, 6) is -1.07. The number of carbonyl (C=O) groups is 3. The van der Waals surface area contributed by atoms with Gasteiger partial charge in [0.1, 0.15) is 17.5 Å². The minimum atomic E-state index is -1.14. The van der Waals surface area contributed by atoms with Crippen molar-refractivity contribution >= 4 is 23.5 Å². The van der Waals surface area contributed by atoms with Gasteiger partial charge < -0.3 is 24.8 Å². The van der Waals surface area contributed by atoms with Crippen LogP contribution in [0.25, 0.3) is 0 Å². The Kier molecular flexibility index (Phi) is 11.6. The molecule has 0 radical (unpaired) electrons. The fourth-order valence-corrected chi connectivity index (χ4v) is 4.05. The van der Waals surface area contributed by atoms with E-state index >= 15 is 0 Å². The summed E-state index contributed by atoms with van der Waals surface area (Å²) >= 11 is 0. The number of benzene rings is 3. The van der Waals surface area contributed by atoms with E-state index in [1.165, 1.54) is 19.3 Å². The number of hydrogen-bond donors (Lipinski definition) is 2. The zero-order valence-electron chi connectivity index (χ0n) is 23.4. The van der Waals surface area contributed by atoms with Crippen LogP contribution >= 0.6 is 0 Å². The van der Waals surface area contributed by atoms with Crippen LogP contribution in [0.2, 0.25) is 0 Å². The van der Waals surface area contributed by atoms with Gasteiger partial charge in [0.25, 0.3) is 5.91 Å². The van der Waals surface area contributed by atoms with Crippen molar-refractivity contribution in [2.24, 2.45) is 0 Å². The van der Waals surface area contributed by atoms with Crippen LogP contribution in [0.5, 0.6) is 11.5 Å². The average molecular weight is 547 g/mol. The lowest BCUT2D eigenvalue weighted by atomic mass is 10.0. The fourth-order valence-electron chi connectivity index (χ4n) is 4.05. The SMILES string of the molecule is CCCCCCCOc1ccc(C(=O)Oc2ccc(CC(NC(=O)c3cccc(N(C)C)c3)C(=O)O)cc2)cc1. The zero-order valence-corrected chi connectivity index (χ0v) is 23.4. The number of aliphatic carboxylic acids is 1. The maximum atomic E-state index is 12.7. The smallest absolute Gasteiger partial charge is 0.343 e. The third-order valence-corrected chi connectivity index (χ3v) is 6.41. The van der Waals surface area contributed by atoms with Gasteiger partial charge in [0, 0.05) is 31.8 Å². The van der Waals surface area contributed by atoms with E-state index in [1.54, 1.807) is 66.7 Å². The molecule has 8 heteroatoms. The van der Waals surface area contributed by atoms with Crippen molar-refractivity contribution in [3.8, 4) is 11.5 Å². The average Bonchev–Trinajstić information content (AvgIpc) is 2.95. The Bertz CT molecular complexity index is 1260. The van der Waals surface area contributed by atoms with Gasteiger partial charge in [-0.15, -0.1) is 0 Å². The normalized spacial score (nSPS) is 11.4. The predicted molar refractivity (Wildman–Crippen MR) is 155 cm³/mol. The standard InChI is InChI=1S/C32H38N2O6/c1-4-5-6-7-8-20-39-27-18-14-24(15-19-27)32(38)40-28-16-12-23(13-17-28)21-29(31(36)37)33-30(35)25-10-9-11-26(22-25)34(2)3/h9-19,22,29H,4-8,20-21H2,1-3H3,(H,33,35)(H,36,37). The van der Waals surface area contributed by atoms with Gasteiger partial charge in [0.05, 0.1) is 12.2 Å². The van der Waals surface area contributed by atoms with Crippen molar-refractivity contribution in [1.29, 1.82) is 0 Å². The Hall–Kier alpha value is -4.33. The van der Waals surface area contributed by atoms with Crippen LogP contribution in [0.3, 0.4) is 0 Å². The van der Waals surface area contributed by atoms with E-state index in [-0.39, 0.29) is 6.42 Å². The number of carboxylic acids is 1. The minimum absolute atomic E-state index is 0.0722. The van der Waals surface area contributed by atoms with E-state index in [9.17, 15) is 19.5 Å². The summed E-state index contributed by atoms with van der Waals surface area (Å²) < 4.78 is 11.2. The van der Waals surface area contributed by atoms with Crippen molar-refractivity contribution in [3.63, 3.8) is 0 Å². The maximum absolute atomic E-state index is 12.7. The molecule has 1 atom stereocenters. The molecule has 1 unspecified atom stereocenters. The van der Waals surface area contributed by atoms with Gasteiger partial charge >= 0.3 is 11.9 Å². The number of anilines is 1. The minimum Gasteiger partial charge on any atom is -0.494 e. The molecule has 212 valence electrons. The van der Waals surface area contributed by atoms with Crippen LogP contribution in [0, 0.1) is 0 Å². The number of amides is 1. The highest BCUT2D eigenvalue weighted by Crippen LogP contribution is 2.19. The Morgan fingerprint density at radius 3 is 2.17 bits per heavy atom. The number of hydrogen-bond acceptors (Lipinski definition) is 6. The molecule has 0 bridgehead atoms. The van der Waals surface area contributed by atoms with Crippen LogP contribution in [-0.4, -0.2) is 49.7 Å². The van der Waals surface area contributed by atoms with E-state index in [2.05, 4.69) is 12.2 Å². The van der Waals surface area contributed by atoms with Gasteiger partial charge in [-0.1, -0.05) is 50.8 Å². The summed E-state index contributed by atoms with van der Waals surface area (Å²) in [7, 11) is 3.72. The van der Waals surface area contributed by atoms with Gasteiger partial charge in [0.2, 0.25) is 0 Å². The summed E-state index contributed by atoms with van der Waals surface area (Å²) in [6.45, 7) is 2.84. The topological polar surface area (TPSA) is 105 Å². The van der Waals surface area contributed by atoms with Crippen molar-refractivity contribution in [3.05, 3.63) is 89.5 Å². The highest BCUT2D eigenvalue weighted by molar-refractivity contribution is 5.97. The van der Waals surface area contributed by atoms with Crippen LogP contribution in [0.15, 0.2) is 72.8 Å². The van der Waals surface area contributed by atoms with Gasteiger partial charge in [-0.2, -0.15) is 0 Å². The third-order valence-electron chi connectivity index (χ3n) is 6.41. The molecule has 0 aliphatic carbocycles. The molecule has 3 aromatic rings. The molecule has 0 heterocycles. The number of ether oxygens (including phenoxy) is 2. The monoisotopic (exact) mass is 546 g/mol. The van der Waals surface area contributed by atoms with Crippen molar-refractivity contribution in [1.82, 2.24) is 5.32 Å². The number of nitrogens with zero attached hydrogens (tertiary/aromatic N) is 1. The van der Waals surface area contributed by atoms with Gasteiger partial charge in [0.15, 0.2) is 0 Å². The lowest BCUT2D eigenvalue weighted by Crippen LogP contribution is -2.42. The van der Waals surface area contributed by atoms with E-state index < -0.39 is 23.9 Å². The first-order valence-electron chi connectivity index (χ1n) is 13.6. The lowest BCUT2D eigenvalue weighted by molar-refractivity contribution is -0.139. The summed E-state index contributed by atoms with van der Waals surface area (Å²) in [6.07, 6.45) is 5.89. The quantitative estimate of drug-likeness (QED) is 0.142. The molecule has 0 spiro atoms. The molecule has 0 saturated carbocycles. The van der Waals surface area contributed by atoms with Crippen molar-refractivity contribution in [2.45, 2.75) is 51.5 Å². The molecule has 2 N–H and O–H groups in total. The number of unbranched alkanes of at least 4 members (excludes halogenated alkanes) is 4. The van der Waals surface area contributed by atoms with Gasteiger partial charge in [-0.25, -0.2) is 9.59 Å². The highest BCUT2D eigenvalue weighted by atomic mass is 16.5. The second-order valence-corrected chi connectivity index (χ2v) is 9.83. The van der Waals surface area contributed by atoms with E-state index in [0.717, 1.165) is 18.5 Å². The third kappa shape index (κ3) is 9.45. The molecule has 0 fully saturated rings. The van der Waals surface area contributed by atoms with E-state index in [0.29, 0.717) is 34.8 Å². The summed E-state index contributed by atoms with van der Waals surface area (Å²) in [5, 5.41) is 12.3. The molecule has 0 saturated heterocycles. The van der Waals surface area contributed by atoms with Crippen LogP contribution in [0.1, 0.15) is 65.3 Å². The molecule has 0 aliphatic rings.